The van der Waals surface area contributed by atoms with Gasteiger partial charge in [0.1, 0.15) is 0 Å². The minimum atomic E-state index is -2.10. The van der Waals surface area contributed by atoms with Crippen LogP contribution < -0.4 is 0 Å². The molecule has 1 fully saturated rings. The molecule has 0 saturated carbocycles. The second-order valence-corrected chi connectivity index (χ2v) is 11.0. The quantitative estimate of drug-likeness (QED) is 0.629. The Labute approximate surface area is 94.6 Å². The van der Waals surface area contributed by atoms with Crippen molar-refractivity contribution in [3.63, 3.8) is 0 Å². The third-order valence-corrected chi connectivity index (χ3v) is 5.34. The lowest BCUT2D eigenvalue weighted by atomic mass is 10.8. The highest BCUT2D eigenvalue weighted by Crippen LogP contribution is 2.48. The van der Waals surface area contributed by atoms with Gasteiger partial charge in [0.15, 0.2) is 13.0 Å². The Hall–Kier alpha value is 1.14. The standard InChI is InChI=1S/C6H14O4P2S2/c1-11(13)7-3-5-9-12(2,14)10-6-4-8-11/h3-6H2,1-2H3. The van der Waals surface area contributed by atoms with Crippen molar-refractivity contribution in [1.82, 2.24) is 0 Å². The predicted molar refractivity (Wildman–Crippen MR) is 64.2 cm³/mol. The summed E-state index contributed by atoms with van der Waals surface area (Å²) in [6, 6.07) is 0. The lowest BCUT2D eigenvalue weighted by Crippen LogP contribution is -2.10. The van der Waals surface area contributed by atoms with E-state index < -0.39 is 13.0 Å². The van der Waals surface area contributed by atoms with Crippen molar-refractivity contribution in [2.75, 3.05) is 39.8 Å². The van der Waals surface area contributed by atoms with E-state index in [4.69, 9.17) is 41.7 Å². The van der Waals surface area contributed by atoms with E-state index in [1.54, 1.807) is 13.3 Å². The van der Waals surface area contributed by atoms with E-state index in [1.165, 1.54) is 0 Å². The fourth-order valence-electron chi connectivity index (χ4n) is 0.887. The van der Waals surface area contributed by atoms with Crippen LogP contribution in [0, 0.1) is 0 Å². The second kappa shape index (κ2) is 5.46. The molecule has 1 aliphatic heterocycles. The zero-order chi connectivity index (χ0) is 10.7. The van der Waals surface area contributed by atoms with E-state index in [-0.39, 0.29) is 0 Å². The van der Waals surface area contributed by atoms with Crippen molar-refractivity contribution < 1.29 is 18.1 Å². The van der Waals surface area contributed by atoms with E-state index in [0.717, 1.165) is 0 Å². The van der Waals surface area contributed by atoms with Crippen LogP contribution >= 0.6 is 13.0 Å². The molecular formula is C6H14O4P2S2. The van der Waals surface area contributed by atoms with Gasteiger partial charge in [-0.25, -0.2) is 0 Å². The summed E-state index contributed by atoms with van der Waals surface area (Å²) in [4.78, 5) is 0. The Kier molecular flexibility index (Phi) is 5.15. The summed E-state index contributed by atoms with van der Waals surface area (Å²) in [5.41, 5.74) is 0. The van der Waals surface area contributed by atoms with Crippen molar-refractivity contribution >= 4 is 36.6 Å². The minimum Gasteiger partial charge on any atom is -0.327 e. The maximum atomic E-state index is 5.39. The van der Waals surface area contributed by atoms with Crippen molar-refractivity contribution in [2.45, 2.75) is 0 Å². The molecule has 84 valence electrons. The van der Waals surface area contributed by atoms with Crippen LogP contribution in [0.15, 0.2) is 0 Å². The highest BCUT2D eigenvalue weighted by molar-refractivity contribution is 8.09. The second-order valence-electron chi connectivity index (χ2n) is 2.88. The Balaban J connectivity index is 2.51. The van der Waals surface area contributed by atoms with Gasteiger partial charge in [-0.3, -0.25) is 0 Å². The fraction of sp³-hybridized carbons (Fsp3) is 1.00. The van der Waals surface area contributed by atoms with Gasteiger partial charge in [0.25, 0.3) is 0 Å². The van der Waals surface area contributed by atoms with Crippen molar-refractivity contribution in [3.05, 3.63) is 0 Å². The molecule has 0 aromatic carbocycles. The topological polar surface area (TPSA) is 36.9 Å². The average Bonchev–Trinajstić information content (AvgIpc) is 2.07. The molecule has 0 aromatic heterocycles. The van der Waals surface area contributed by atoms with Gasteiger partial charge in [0.2, 0.25) is 0 Å². The smallest absolute Gasteiger partial charge is 0.185 e. The molecular weight excluding hydrogens is 262 g/mol. The van der Waals surface area contributed by atoms with Gasteiger partial charge in [-0.2, -0.15) is 0 Å². The van der Waals surface area contributed by atoms with Crippen LogP contribution in [0.1, 0.15) is 0 Å². The molecule has 0 aromatic rings. The molecule has 0 radical (unpaired) electrons. The molecule has 0 amide bonds. The summed E-state index contributed by atoms with van der Waals surface area (Å²) in [5, 5.41) is 0. The largest absolute Gasteiger partial charge is 0.327 e. The van der Waals surface area contributed by atoms with Crippen LogP contribution in [0.25, 0.3) is 0 Å². The molecule has 8 heteroatoms. The normalized spacial score (nSPS) is 41.9. The monoisotopic (exact) mass is 276 g/mol. The first-order valence-electron chi connectivity index (χ1n) is 4.14. The molecule has 0 spiro atoms. The summed E-state index contributed by atoms with van der Waals surface area (Å²) in [5.74, 6) is 0. The molecule has 1 aliphatic rings. The summed E-state index contributed by atoms with van der Waals surface area (Å²) in [6.07, 6.45) is 0. The number of hydrogen-bond donors (Lipinski definition) is 0. The average molecular weight is 276 g/mol. The van der Waals surface area contributed by atoms with Crippen LogP contribution in [0.5, 0.6) is 0 Å². The van der Waals surface area contributed by atoms with Crippen molar-refractivity contribution in [2.24, 2.45) is 0 Å². The van der Waals surface area contributed by atoms with Crippen LogP contribution in [0.4, 0.5) is 0 Å². The third kappa shape index (κ3) is 5.29. The molecule has 0 bridgehead atoms. The van der Waals surface area contributed by atoms with Gasteiger partial charge < -0.3 is 18.1 Å². The van der Waals surface area contributed by atoms with E-state index in [0.29, 0.717) is 26.4 Å². The Morgan fingerprint density at radius 2 is 0.929 bits per heavy atom. The molecule has 0 N–H and O–H groups in total. The molecule has 1 rings (SSSR count). The van der Waals surface area contributed by atoms with Gasteiger partial charge in [-0.1, -0.05) is 0 Å². The van der Waals surface area contributed by atoms with Gasteiger partial charge >= 0.3 is 0 Å². The highest BCUT2D eigenvalue weighted by Gasteiger charge is 2.17. The van der Waals surface area contributed by atoms with Crippen LogP contribution in [0.2, 0.25) is 0 Å². The Morgan fingerprint density at radius 1 is 0.714 bits per heavy atom. The summed E-state index contributed by atoms with van der Waals surface area (Å²) in [7, 11) is 0. The fourth-order valence-corrected chi connectivity index (χ4v) is 3.56. The van der Waals surface area contributed by atoms with Crippen molar-refractivity contribution in [1.29, 1.82) is 0 Å². The lowest BCUT2D eigenvalue weighted by molar-refractivity contribution is 0.147. The number of rotatable bonds is 0. The Bertz CT molecular complexity index is 235. The summed E-state index contributed by atoms with van der Waals surface area (Å²) < 4.78 is 21.6. The SMILES string of the molecule is CP1(=S)OCCOP(C)(=S)OCCO1. The zero-order valence-electron chi connectivity index (χ0n) is 8.17. The first kappa shape index (κ1) is 13.2. The molecule has 1 heterocycles. The molecule has 0 atom stereocenters. The van der Waals surface area contributed by atoms with E-state index >= 15 is 0 Å². The van der Waals surface area contributed by atoms with E-state index in [9.17, 15) is 0 Å². The van der Waals surface area contributed by atoms with Crippen LogP contribution in [-0.4, -0.2) is 39.8 Å². The van der Waals surface area contributed by atoms with Gasteiger partial charge in [-0.05, 0) is 23.6 Å². The number of hydrogen-bond acceptors (Lipinski definition) is 6. The maximum Gasteiger partial charge on any atom is 0.185 e. The molecule has 1 saturated heterocycles. The first-order chi connectivity index (χ1) is 6.41. The van der Waals surface area contributed by atoms with Gasteiger partial charge in [0, 0.05) is 13.3 Å². The summed E-state index contributed by atoms with van der Waals surface area (Å²) in [6.45, 7) is 1.09. The first-order valence-corrected chi connectivity index (χ1v) is 10.3. The van der Waals surface area contributed by atoms with E-state index in [1.807, 2.05) is 0 Å². The molecule has 4 nitrogen and oxygen atoms in total. The van der Waals surface area contributed by atoms with Crippen LogP contribution in [0.3, 0.4) is 0 Å². The predicted octanol–water partition coefficient (Wildman–Crippen LogP) is 1.94. The molecule has 0 unspecified atom stereocenters. The lowest BCUT2D eigenvalue weighted by Gasteiger charge is -2.23. The van der Waals surface area contributed by atoms with Gasteiger partial charge in [0.05, 0.1) is 26.4 Å². The highest BCUT2D eigenvalue weighted by atomic mass is 32.5. The Morgan fingerprint density at radius 3 is 1.14 bits per heavy atom. The minimum absolute atomic E-state index is 0.420. The summed E-state index contributed by atoms with van der Waals surface area (Å²) >= 11 is 10.3. The molecule has 14 heavy (non-hydrogen) atoms. The van der Waals surface area contributed by atoms with Crippen LogP contribution in [-0.2, 0) is 41.7 Å². The van der Waals surface area contributed by atoms with Crippen molar-refractivity contribution in [3.8, 4) is 0 Å². The molecule has 0 aliphatic carbocycles. The third-order valence-electron chi connectivity index (χ3n) is 1.47. The zero-order valence-corrected chi connectivity index (χ0v) is 11.6. The maximum absolute atomic E-state index is 5.39. The van der Waals surface area contributed by atoms with E-state index in [2.05, 4.69) is 0 Å². The van der Waals surface area contributed by atoms with Gasteiger partial charge in [-0.15, -0.1) is 0 Å².